The standard InChI is InChI=1S/C20H27FN2O3/c1-2-26-14-19(24)22-10-7-16(8-11-22)20(25)23-12-9-17(13-23)15-3-5-18(21)6-4-15/h3-6,16-17H,2,7-14H2,1H3/t17-/m1/s1. The average molecular weight is 362 g/mol. The number of hydrogen-bond acceptors (Lipinski definition) is 3. The predicted octanol–water partition coefficient (Wildman–Crippen LogP) is 2.42. The van der Waals surface area contributed by atoms with Gasteiger partial charge in [-0.1, -0.05) is 12.1 Å². The minimum atomic E-state index is -0.231. The average Bonchev–Trinajstić information content (AvgIpc) is 3.16. The number of carbonyl (C=O) groups excluding carboxylic acids is 2. The van der Waals surface area contributed by atoms with Crippen molar-refractivity contribution in [3.63, 3.8) is 0 Å². The summed E-state index contributed by atoms with van der Waals surface area (Å²) < 4.78 is 18.3. The molecule has 2 fully saturated rings. The number of halogens is 1. The molecule has 0 saturated carbocycles. The second kappa shape index (κ2) is 8.62. The third-order valence-corrected chi connectivity index (χ3v) is 5.47. The van der Waals surface area contributed by atoms with Gasteiger partial charge in [0.2, 0.25) is 11.8 Å². The lowest BCUT2D eigenvalue weighted by molar-refractivity contribution is -0.142. The summed E-state index contributed by atoms with van der Waals surface area (Å²) in [6, 6.07) is 6.59. The van der Waals surface area contributed by atoms with Gasteiger partial charge in [0.15, 0.2) is 0 Å². The van der Waals surface area contributed by atoms with Gasteiger partial charge in [-0.2, -0.15) is 0 Å². The van der Waals surface area contributed by atoms with Gasteiger partial charge in [0.1, 0.15) is 12.4 Å². The third kappa shape index (κ3) is 4.41. The zero-order valence-corrected chi connectivity index (χ0v) is 15.3. The summed E-state index contributed by atoms with van der Waals surface area (Å²) in [5.74, 6) is 0.262. The van der Waals surface area contributed by atoms with Crippen LogP contribution in [0.5, 0.6) is 0 Å². The fraction of sp³-hybridized carbons (Fsp3) is 0.600. The van der Waals surface area contributed by atoms with Crippen LogP contribution in [0.1, 0.15) is 37.7 Å². The van der Waals surface area contributed by atoms with Gasteiger partial charge in [0.25, 0.3) is 0 Å². The van der Waals surface area contributed by atoms with E-state index in [2.05, 4.69) is 0 Å². The molecule has 0 bridgehead atoms. The molecular formula is C20H27FN2O3. The van der Waals surface area contributed by atoms with E-state index in [9.17, 15) is 14.0 Å². The molecule has 0 aromatic heterocycles. The van der Waals surface area contributed by atoms with E-state index >= 15 is 0 Å². The quantitative estimate of drug-likeness (QED) is 0.808. The molecule has 0 N–H and O–H groups in total. The van der Waals surface area contributed by atoms with Gasteiger partial charge in [-0.25, -0.2) is 4.39 Å². The smallest absolute Gasteiger partial charge is 0.248 e. The number of hydrogen-bond donors (Lipinski definition) is 0. The molecule has 1 aromatic carbocycles. The third-order valence-electron chi connectivity index (χ3n) is 5.47. The number of benzene rings is 1. The van der Waals surface area contributed by atoms with Crippen molar-refractivity contribution in [2.75, 3.05) is 39.4 Å². The molecule has 2 saturated heterocycles. The molecule has 0 spiro atoms. The SMILES string of the molecule is CCOCC(=O)N1CCC(C(=O)N2CC[C@@H](c3ccc(F)cc3)C2)CC1. The Balaban J connectivity index is 1.48. The van der Waals surface area contributed by atoms with E-state index < -0.39 is 0 Å². The molecule has 0 aliphatic carbocycles. The summed E-state index contributed by atoms with van der Waals surface area (Å²) in [4.78, 5) is 28.5. The topological polar surface area (TPSA) is 49.9 Å². The van der Waals surface area contributed by atoms with E-state index in [-0.39, 0.29) is 36.1 Å². The highest BCUT2D eigenvalue weighted by molar-refractivity contribution is 5.81. The molecule has 6 heteroatoms. The van der Waals surface area contributed by atoms with Crippen LogP contribution < -0.4 is 0 Å². The van der Waals surface area contributed by atoms with Crippen molar-refractivity contribution in [3.05, 3.63) is 35.6 Å². The van der Waals surface area contributed by atoms with Crippen LogP contribution in [-0.4, -0.2) is 61.0 Å². The summed E-state index contributed by atoms with van der Waals surface area (Å²) in [6.07, 6.45) is 2.35. The number of carbonyl (C=O) groups is 2. The highest BCUT2D eigenvalue weighted by atomic mass is 19.1. The molecule has 0 unspecified atom stereocenters. The Hall–Kier alpha value is -1.95. The number of nitrogens with zero attached hydrogens (tertiary/aromatic N) is 2. The monoisotopic (exact) mass is 362 g/mol. The van der Waals surface area contributed by atoms with Gasteiger partial charge >= 0.3 is 0 Å². The normalized spacial score (nSPS) is 21.2. The molecule has 1 aromatic rings. The van der Waals surface area contributed by atoms with Crippen LogP contribution in [0.2, 0.25) is 0 Å². The molecule has 2 aliphatic heterocycles. The maximum Gasteiger partial charge on any atom is 0.248 e. The first-order valence-corrected chi connectivity index (χ1v) is 9.48. The second-order valence-electron chi connectivity index (χ2n) is 7.11. The lowest BCUT2D eigenvalue weighted by atomic mass is 9.95. The van der Waals surface area contributed by atoms with Gasteiger partial charge in [-0.05, 0) is 43.9 Å². The van der Waals surface area contributed by atoms with E-state index in [4.69, 9.17) is 4.74 Å². The van der Waals surface area contributed by atoms with Crippen LogP contribution in [0.25, 0.3) is 0 Å². The van der Waals surface area contributed by atoms with Crippen LogP contribution in [-0.2, 0) is 14.3 Å². The predicted molar refractivity (Wildman–Crippen MR) is 96.1 cm³/mol. The van der Waals surface area contributed by atoms with E-state index in [0.29, 0.717) is 39.1 Å². The van der Waals surface area contributed by atoms with Crippen molar-refractivity contribution in [1.29, 1.82) is 0 Å². The molecule has 1 atom stereocenters. The van der Waals surface area contributed by atoms with Gasteiger partial charge < -0.3 is 14.5 Å². The Morgan fingerprint density at radius 3 is 2.38 bits per heavy atom. The molecular weight excluding hydrogens is 335 g/mol. The van der Waals surface area contributed by atoms with Gasteiger partial charge in [0.05, 0.1) is 0 Å². The van der Waals surface area contributed by atoms with Crippen LogP contribution in [0.15, 0.2) is 24.3 Å². The minimum absolute atomic E-state index is 0.00175. The van der Waals surface area contributed by atoms with Crippen molar-refractivity contribution in [3.8, 4) is 0 Å². The Bertz CT molecular complexity index is 626. The van der Waals surface area contributed by atoms with E-state index in [1.165, 1.54) is 12.1 Å². The first kappa shape index (κ1) is 18.8. The summed E-state index contributed by atoms with van der Waals surface area (Å²) in [5, 5.41) is 0. The zero-order valence-electron chi connectivity index (χ0n) is 15.3. The summed E-state index contributed by atoms with van der Waals surface area (Å²) in [7, 11) is 0. The van der Waals surface area contributed by atoms with Gasteiger partial charge in [0, 0.05) is 44.6 Å². The number of rotatable bonds is 5. The molecule has 5 nitrogen and oxygen atoms in total. The molecule has 2 amide bonds. The van der Waals surface area contributed by atoms with Crippen LogP contribution in [0, 0.1) is 11.7 Å². The first-order valence-electron chi connectivity index (χ1n) is 9.48. The fourth-order valence-corrected chi connectivity index (χ4v) is 3.88. The summed E-state index contributed by atoms with van der Waals surface area (Å²) in [5.41, 5.74) is 1.10. The zero-order chi connectivity index (χ0) is 18.5. The van der Waals surface area contributed by atoms with E-state index in [0.717, 1.165) is 18.5 Å². The van der Waals surface area contributed by atoms with E-state index in [1.54, 1.807) is 4.90 Å². The first-order chi connectivity index (χ1) is 12.6. The van der Waals surface area contributed by atoms with Crippen molar-refractivity contribution in [2.45, 2.75) is 32.1 Å². The van der Waals surface area contributed by atoms with Crippen molar-refractivity contribution in [1.82, 2.24) is 9.80 Å². The van der Waals surface area contributed by atoms with Crippen molar-refractivity contribution >= 4 is 11.8 Å². The van der Waals surface area contributed by atoms with Gasteiger partial charge in [-0.15, -0.1) is 0 Å². The number of likely N-dealkylation sites (tertiary alicyclic amines) is 2. The molecule has 2 heterocycles. The molecule has 0 radical (unpaired) electrons. The Morgan fingerprint density at radius 1 is 1.08 bits per heavy atom. The molecule has 142 valence electrons. The molecule has 26 heavy (non-hydrogen) atoms. The second-order valence-corrected chi connectivity index (χ2v) is 7.11. The van der Waals surface area contributed by atoms with Crippen LogP contribution in [0.3, 0.4) is 0 Å². The maximum atomic E-state index is 13.1. The molecule has 2 aliphatic rings. The van der Waals surface area contributed by atoms with Crippen molar-refractivity contribution < 1.29 is 18.7 Å². The van der Waals surface area contributed by atoms with Crippen LogP contribution in [0.4, 0.5) is 4.39 Å². The Kier molecular flexibility index (Phi) is 6.25. The number of piperidine rings is 1. The highest BCUT2D eigenvalue weighted by Gasteiger charge is 2.34. The molecule has 3 rings (SSSR count). The van der Waals surface area contributed by atoms with E-state index in [1.807, 2.05) is 24.0 Å². The number of amides is 2. The minimum Gasteiger partial charge on any atom is -0.372 e. The largest absolute Gasteiger partial charge is 0.372 e. The van der Waals surface area contributed by atoms with Gasteiger partial charge in [-0.3, -0.25) is 9.59 Å². The highest BCUT2D eigenvalue weighted by Crippen LogP contribution is 2.30. The fourth-order valence-electron chi connectivity index (χ4n) is 3.88. The van der Waals surface area contributed by atoms with Crippen molar-refractivity contribution in [2.24, 2.45) is 5.92 Å². The Labute approximate surface area is 154 Å². The maximum absolute atomic E-state index is 13.1. The lowest BCUT2D eigenvalue weighted by Gasteiger charge is -2.33. The van der Waals surface area contributed by atoms with Crippen LogP contribution >= 0.6 is 0 Å². The Morgan fingerprint density at radius 2 is 1.73 bits per heavy atom. The summed E-state index contributed by atoms with van der Waals surface area (Å²) in [6.45, 7) is 5.23. The number of ether oxygens (including phenoxy) is 1. The summed E-state index contributed by atoms with van der Waals surface area (Å²) >= 11 is 0. The lowest BCUT2D eigenvalue weighted by Crippen LogP contribution is -2.44.